The number of amides is 2. The molecule has 0 saturated heterocycles. The molecule has 1 heterocycles. The molecule has 5 heteroatoms. The third-order valence-electron chi connectivity index (χ3n) is 6.12. The largest absolute Gasteiger partial charge is 0.496 e. The molecule has 3 aromatic rings. The van der Waals surface area contributed by atoms with E-state index < -0.39 is 0 Å². The van der Waals surface area contributed by atoms with Crippen molar-refractivity contribution < 1.29 is 14.3 Å². The second-order valence-electron chi connectivity index (χ2n) is 8.23. The normalized spacial score (nSPS) is 13.6. The fourth-order valence-corrected chi connectivity index (χ4v) is 3.97. The molecule has 0 radical (unpaired) electrons. The highest BCUT2D eigenvalue weighted by Crippen LogP contribution is 2.33. The van der Waals surface area contributed by atoms with Crippen LogP contribution in [0.4, 0.5) is 5.69 Å². The Labute approximate surface area is 194 Å². The minimum atomic E-state index is -0.348. The van der Waals surface area contributed by atoms with Crippen LogP contribution in [0.1, 0.15) is 34.7 Å². The van der Waals surface area contributed by atoms with Crippen molar-refractivity contribution in [2.45, 2.75) is 33.7 Å². The Balaban J connectivity index is 1.75. The number of aryl methyl sites for hydroxylation is 3. The van der Waals surface area contributed by atoms with Gasteiger partial charge in [0.1, 0.15) is 11.4 Å². The van der Waals surface area contributed by atoms with Gasteiger partial charge in [-0.2, -0.15) is 0 Å². The summed E-state index contributed by atoms with van der Waals surface area (Å²) >= 11 is 0. The molecule has 0 bridgehead atoms. The number of methoxy groups -OCH3 is 1. The van der Waals surface area contributed by atoms with Crippen LogP contribution in [0.5, 0.6) is 5.75 Å². The molecule has 168 valence electrons. The number of nitrogens with zero attached hydrogens (tertiary/aromatic N) is 1. The predicted octanol–water partition coefficient (Wildman–Crippen LogP) is 5.27. The smallest absolute Gasteiger partial charge is 0.278 e. The van der Waals surface area contributed by atoms with E-state index in [4.69, 9.17) is 4.74 Å². The summed E-state index contributed by atoms with van der Waals surface area (Å²) in [4.78, 5) is 28.4. The van der Waals surface area contributed by atoms with Crippen LogP contribution in [-0.2, 0) is 22.6 Å². The number of benzene rings is 3. The lowest BCUT2D eigenvalue weighted by Crippen LogP contribution is -2.32. The number of hydrogen-bond acceptors (Lipinski definition) is 4. The van der Waals surface area contributed by atoms with Gasteiger partial charge in [-0.05, 0) is 60.7 Å². The number of nitrogens with one attached hydrogen (secondary N) is 1. The number of anilines is 1. The number of ether oxygens (including phenoxy) is 1. The van der Waals surface area contributed by atoms with Gasteiger partial charge in [0, 0.05) is 11.3 Å². The molecule has 1 aliphatic heterocycles. The zero-order chi connectivity index (χ0) is 23.5. The van der Waals surface area contributed by atoms with Gasteiger partial charge < -0.3 is 10.1 Å². The lowest BCUT2D eigenvalue weighted by atomic mass is 9.99. The molecule has 1 aliphatic rings. The Morgan fingerprint density at radius 2 is 1.61 bits per heavy atom. The average molecular weight is 441 g/mol. The van der Waals surface area contributed by atoms with Crippen molar-refractivity contribution >= 4 is 23.1 Å². The van der Waals surface area contributed by atoms with Crippen molar-refractivity contribution in [2.75, 3.05) is 12.4 Å². The van der Waals surface area contributed by atoms with Gasteiger partial charge in [-0.25, -0.2) is 0 Å². The highest BCUT2D eigenvalue weighted by molar-refractivity contribution is 6.36. The van der Waals surface area contributed by atoms with Gasteiger partial charge in [-0.1, -0.05) is 55.5 Å². The van der Waals surface area contributed by atoms with Crippen molar-refractivity contribution in [2.24, 2.45) is 0 Å². The fraction of sp³-hybridized carbons (Fsp3) is 0.214. The van der Waals surface area contributed by atoms with Gasteiger partial charge in [-0.3, -0.25) is 14.5 Å². The highest BCUT2D eigenvalue weighted by atomic mass is 16.5. The molecule has 0 saturated carbocycles. The topological polar surface area (TPSA) is 58.6 Å². The second-order valence-corrected chi connectivity index (χ2v) is 8.23. The molecule has 0 atom stereocenters. The van der Waals surface area contributed by atoms with E-state index in [0.717, 1.165) is 34.4 Å². The maximum Gasteiger partial charge on any atom is 0.278 e. The van der Waals surface area contributed by atoms with Crippen LogP contribution < -0.4 is 10.1 Å². The van der Waals surface area contributed by atoms with Crippen LogP contribution in [0.2, 0.25) is 0 Å². The maximum atomic E-state index is 13.6. The zero-order valence-electron chi connectivity index (χ0n) is 19.4. The van der Waals surface area contributed by atoms with E-state index in [-0.39, 0.29) is 18.4 Å². The van der Waals surface area contributed by atoms with Crippen LogP contribution in [-0.4, -0.2) is 23.8 Å². The Kier molecular flexibility index (Phi) is 6.31. The molecule has 3 aromatic carbocycles. The number of hydrogen-bond donors (Lipinski definition) is 1. The van der Waals surface area contributed by atoms with E-state index in [1.807, 2.05) is 80.6 Å². The third kappa shape index (κ3) is 4.40. The van der Waals surface area contributed by atoms with Crippen LogP contribution in [0.3, 0.4) is 0 Å². The van der Waals surface area contributed by atoms with Crippen LogP contribution in [0.25, 0.3) is 5.57 Å². The minimum Gasteiger partial charge on any atom is -0.496 e. The molecule has 33 heavy (non-hydrogen) atoms. The Bertz CT molecular complexity index is 1240. The molecular weight excluding hydrogens is 412 g/mol. The number of rotatable bonds is 7. The second kappa shape index (κ2) is 9.33. The van der Waals surface area contributed by atoms with E-state index in [0.29, 0.717) is 17.0 Å². The van der Waals surface area contributed by atoms with E-state index in [2.05, 4.69) is 12.2 Å². The first-order valence-electron chi connectivity index (χ1n) is 11.1. The summed E-state index contributed by atoms with van der Waals surface area (Å²) in [7, 11) is 1.58. The van der Waals surface area contributed by atoms with Gasteiger partial charge >= 0.3 is 0 Å². The van der Waals surface area contributed by atoms with E-state index in [1.165, 1.54) is 10.5 Å². The SMILES string of the molecule is CCc1ccc(NC2=C(c3ccc(C)c(C)c3)C(=O)N(Cc3ccccc3OC)C2=O)cc1. The number of carbonyl (C=O) groups is 2. The van der Waals surface area contributed by atoms with Crippen molar-refractivity contribution in [3.05, 3.63) is 100 Å². The van der Waals surface area contributed by atoms with Crippen LogP contribution >= 0.6 is 0 Å². The van der Waals surface area contributed by atoms with Crippen molar-refractivity contribution in [1.82, 2.24) is 4.90 Å². The number of para-hydroxylation sites is 1. The van der Waals surface area contributed by atoms with E-state index in [9.17, 15) is 9.59 Å². The molecule has 0 aromatic heterocycles. The fourth-order valence-electron chi connectivity index (χ4n) is 3.97. The minimum absolute atomic E-state index is 0.135. The summed E-state index contributed by atoms with van der Waals surface area (Å²) < 4.78 is 5.43. The monoisotopic (exact) mass is 440 g/mol. The van der Waals surface area contributed by atoms with E-state index in [1.54, 1.807) is 7.11 Å². The summed E-state index contributed by atoms with van der Waals surface area (Å²) in [5.41, 5.74) is 6.35. The first-order valence-corrected chi connectivity index (χ1v) is 11.1. The van der Waals surface area contributed by atoms with Gasteiger partial charge in [0.05, 0.1) is 19.2 Å². The molecule has 0 fully saturated rings. The number of imide groups is 1. The highest BCUT2D eigenvalue weighted by Gasteiger charge is 2.39. The molecule has 1 N–H and O–H groups in total. The molecule has 4 rings (SSSR count). The zero-order valence-corrected chi connectivity index (χ0v) is 19.4. The molecule has 0 aliphatic carbocycles. The molecular formula is C28H28N2O3. The lowest BCUT2D eigenvalue weighted by molar-refractivity contribution is -0.137. The first-order chi connectivity index (χ1) is 15.9. The summed E-state index contributed by atoms with van der Waals surface area (Å²) in [6, 6.07) is 21.2. The summed E-state index contributed by atoms with van der Waals surface area (Å²) in [6.07, 6.45) is 0.932. The molecule has 2 amide bonds. The van der Waals surface area contributed by atoms with Gasteiger partial charge in [0.15, 0.2) is 0 Å². The van der Waals surface area contributed by atoms with Crippen LogP contribution in [0, 0.1) is 13.8 Å². The summed E-state index contributed by atoms with van der Waals surface area (Å²) in [6.45, 7) is 6.26. The Morgan fingerprint density at radius 1 is 0.879 bits per heavy atom. The lowest BCUT2D eigenvalue weighted by Gasteiger charge is -2.17. The average Bonchev–Trinajstić information content (AvgIpc) is 3.06. The predicted molar refractivity (Wildman–Crippen MR) is 131 cm³/mol. The van der Waals surface area contributed by atoms with Crippen molar-refractivity contribution in [1.29, 1.82) is 0 Å². The van der Waals surface area contributed by atoms with E-state index >= 15 is 0 Å². The maximum absolute atomic E-state index is 13.6. The van der Waals surface area contributed by atoms with Gasteiger partial charge in [0.25, 0.3) is 11.8 Å². The first kappa shape index (κ1) is 22.3. The van der Waals surface area contributed by atoms with Gasteiger partial charge in [-0.15, -0.1) is 0 Å². The van der Waals surface area contributed by atoms with Crippen LogP contribution in [0.15, 0.2) is 72.4 Å². The quantitative estimate of drug-likeness (QED) is 0.509. The van der Waals surface area contributed by atoms with Crippen molar-refractivity contribution in [3.63, 3.8) is 0 Å². The molecule has 0 unspecified atom stereocenters. The summed E-state index contributed by atoms with van der Waals surface area (Å²) in [5, 5.41) is 3.24. The summed E-state index contributed by atoms with van der Waals surface area (Å²) in [5.74, 6) is -0.0251. The molecule has 5 nitrogen and oxygen atoms in total. The third-order valence-corrected chi connectivity index (χ3v) is 6.12. The number of carbonyl (C=O) groups excluding carboxylic acids is 2. The van der Waals surface area contributed by atoms with Gasteiger partial charge in [0.2, 0.25) is 0 Å². The molecule has 0 spiro atoms. The standard InChI is InChI=1S/C28H28N2O3/c1-5-20-11-14-23(15-12-20)29-26-25(21-13-10-18(2)19(3)16-21)27(31)30(28(26)32)17-22-8-6-7-9-24(22)33-4/h6-16,29H,5,17H2,1-4H3. The Hall–Kier alpha value is -3.86. The van der Waals surface area contributed by atoms with Crippen molar-refractivity contribution in [3.8, 4) is 5.75 Å². The Morgan fingerprint density at radius 3 is 2.27 bits per heavy atom.